The second-order valence-corrected chi connectivity index (χ2v) is 5.91. The molecule has 21 heavy (non-hydrogen) atoms. The van der Waals surface area contributed by atoms with Gasteiger partial charge < -0.3 is 9.73 Å². The monoisotopic (exact) mass is 285 g/mol. The van der Waals surface area contributed by atoms with Gasteiger partial charge in [0.25, 0.3) is 0 Å². The van der Waals surface area contributed by atoms with E-state index in [0.29, 0.717) is 11.9 Å². The zero-order chi connectivity index (χ0) is 14.7. The molecule has 2 aromatic rings. The molecule has 1 aromatic carbocycles. The Labute approximate surface area is 126 Å². The molecule has 0 amide bonds. The highest BCUT2D eigenvalue weighted by Gasteiger charge is 2.19. The normalized spacial score (nSPS) is 16.5. The Kier molecular flexibility index (Phi) is 4.36. The van der Waals surface area contributed by atoms with E-state index in [1.807, 2.05) is 0 Å². The molecule has 1 aliphatic rings. The highest BCUT2D eigenvalue weighted by Crippen LogP contribution is 2.20. The minimum Gasteiger partial charge on any atom is -0.444 e. The van der Waals surface area contributed by atoms with Crippen LogP contribution >= 0.6 is 0 Å². The van der Waals surface area contributed by atoms with Gasteiger partial charge >= 0.3 is 0 Å². The number of aromatic nitrogens is 1. The quantitative estimate of drug-likeness (QED) is 0.938. The fourth-order valence-electron chi connectivity index (χ4n) is 2.84. The van der Waals surface area contributed by atoms with E-state index in [9.17, 15) is 0 Å². The molecule has 1 saturated heterocycles. The molecule has 0 saturated carbocycles. The summed E-state index contributed by atoms with van der Waals surface area (Å²) in [4.78, 5) is 7.01. The third-order valence-electron chi connectivity index (χ3n) is 4.19. The second-order valence-electron chi connectivity index (χ2n) is 5.91. The van der Waals surface area contributed by atoms with Crippen LogP contribution < -0.4 is 5.32 Å². The van der Waals surface area contributed by atoms with Crippen LogP contribution in [0, 0.1) is 6.92 Å². The van der Waals surface area contributed by atoms with E-state index in [0.717, 1.165) is 30.9 Å². The summed E-state index contributed by atoms with van der Waals surface area (Å²) >= 11 is 0. The number of hydrogen-bond donors (Lipinski definition) is 1. The maximum absolute atomic E-state index is 5.63. The van der Waals surface area contributed by atoms with Gasteiger partial charge in [-0.05, 0) is 52.0 Å². The summed E-state index contributed by atoms with van der Waals surface area (Å²) in [6.07, 6.45) is 4.20. The molecule has 4 heteroatoms. The molecule has 3 rings (SSSR count). The maximum Gasteiger partial charge on any atom is 0.226 e. The van der Waals surface area contributed by atoms with Gasteiger partial charge in [0.15, 0.2) is 0 Å². The first-order valence-electron chi connectivity index (χ1n) is 7.65. The smallest absolute Gasteiger partial charge is 0.226 e. The van der Waals surface area contributed by atoms with Crippen LogP contribution in [0.5, 0.6) is 0 Å². The van der Waals surface area contributed by atoms with Crippen molar-refractivity contribution < 1.29 is 4.42 Å². The van der Waals surface area contributed by atoms with Crippen LogP contribution in [-0.2, 0) is 6.54 Å². The van der Waals surface area contributed by atoms with E-state index >= 15 is 0 Å². The van der Waals surface area contributed by atoms with Gasteiger partial charge in [-0.3, -0.25) is 4.90 Å². The molecule has 0 spiro atoms. The summed E-state index contributed by atoms with van der Waals surface area (Å²) in [5, 5.41) is 3.40. The van der Waals surface area contributed by atoms with Crippen molar-refractivity contribution in [2.75, 3.05) is 20.1 Å². The van der Waals surface area contributed by atoms with Crippen molar-refractivity contribution in [3.8, 4) is 11.5 Å². The summed E-state index contributed by atoms with van der Waals surface area (Å²) in [5.74, 6) is 0.712. The Morgan fingerprint density at radius 1 is 1.24 bits per heavy atom. The first kappa shape index (κ1) is 14.3. The Hall–Kier alpha value is -1.65. The van der Waals surface area contributed by atoms with E-state index in [4.69, 9.17) is 4.42 Å². The van der Waals surface area contributed by atoms with Crippen LogP contribution in [0.2, 0.25) is 0 Å². The lowest BCUT2D eigenvalue weighted by molar-refractivity contribution is 0.190. The maximum atomic E-state index is 5.63. The lowest BCUT2D eigenvalue weighted by atomic mass is 10.1. The summed E-state index contributed by atoms with van der Waals surface area (Å²) < 4.78 is 5.63. The van der Waals surface area contributed by atoms with Gasteiger partial charge in [-0.2, -0.15) is 0 Å². The molecule has 1 aromatic heterocycles. The molecular formula is C17H23N3O. The molecular weight excluding hydrogens is 262 g/mol. The predicted molar refractivity (Wildman–Crippen MR) is 84.0 cm³/mol. The number of hydrogen-bond acceptors (Lipinski definition) is 4. The van der Waals surface area contributed by atoms with E-state index in [-0.39, 0.29) is 0 Å². The molecule has 0 radical (unpaired) electrons. The molecule has 0 atom stereocenters. The topological polar surface area (TPSA) is 41.3 Å². The van der Waals surface area contributed by atoms with E-state index in [1.54, 1.807) is 6.26 Å². The first-order valence-corrected chi connectivity index (χ1v) is 7.65. The average molecular weight is 285 g/mol. The van der Waals surface area contributed by atoms with Crippen LogP contribution in [0.15, 0.2) is 34.9 Å². The fourth-order valence-corrected chi connectivity index (χ4v) is 2.84. The lowest BCUT2D eigenvalue weighted by Crippen LogP contribution is -2.40. The van der Waals surface area contributed by atoms with Crippen molar-refractivity contribution in [2.24, 2.45) is 0 Å². The van der Waals surface area contributed by atoms with Crippen molar-refractivity contribution in [2.45, 2.75) is 32.4 Å². The van der Waals surface area contributed by atoms with Crippen molar-refractivity contribution in [1.82, 2.24) is 15.2 Å². The van der Waals surface area contributed by atoms with E-state index in [1.165, 1.54) is 18.4 Å². The third-order valence-corrected chi connectivity index (χ3v) is 4.19. The predicted octanol–water partition coefficient (Wildman–Crippen LogP) is 2.83. The SMILES string of the molecule is Cc1ccc(-c2nc(CN(C)C3CCNCC3)co2)cc1. The number of rotatable bonds is 4. The molecule has 0 bridgehead atoms. The van der Waals surface area contributed by atoms with Crippen molar-refractivity contribution >= 4 is 0 Å². The van der Waals surface area contributed by atoms with Gasteiger partial charge in [0, 0.05) is 18.2 Å². The van der Waals surface area contributed by atoms with E-state index in [2.05, 4.69) is 53.4 Å². The Bertz CT molecular complexity index is 570. The highest BCUT2D eigenvalue weighted by molar-refractivity contribution is 5.53. The van der Waals surface area contributed by atoms with Crippen LogP contribution in [0.1, 0.15) is 24.1 Å². The minimum atomic E-state index is 0.644. The number of benzene rings is 1. The number of piperidine rings is 1. The summed E-state index contributed by atoms with van der Waals surface area (Å²) in [6, 6.07) is 8.93. The van der Waals surface area contributed by atoms with Gasteiger partial charge in [-0.15, -0.1) is 0 Å². The van der Waals surface area contributed by atoms with Crippen molar-refractivity contribution in [3.63, 3.8) is 0 Å². The molecule has 2 heterocycles. The highest BCUT2D eigenvalue weighted by atomic mass is 16.3. The number of nitrogens with zero attached hydrogens (tertiary/aromatic N) is 2. The standard InChI is InChI=1S/C17H23N3O/c1-13-3-5-14(6-4-13)17-19-15(12-21-17)11-20(2)16-7-9-18-10-8-16/h3-6,12,16,18H,7-11H2,1-2H3. The molecule has 1 fully saturated rings. The lowest BCUT2D eigenvalue weighted by Gasteiger charge is -2.30. The first-order chi connectivity index (χ1) is 10.2. The minimum absolute atomic E-state index is 0.644. The van der Waals surface area contributed by atoms with Gasteiger partial charge in [0.2, 0.25) is 5.89 Å². The van der Waals surface area contributed by atoms with Crippen molar-refractivity contribution in [1.29, 1.82) is 0 Å². The fraction of sp³-hybridized carbons (Fsp3) is 0.471. The average Bonchev–Trinajstić information content (AvgIpc) is 2.97. The molecule has 1 N–H and O–H groups in total. The zero-order valence-electron chi connectivity index (χ0n) is 12.8. The number of oxazole rings is 1. The molecule has 112 valence electrons. The third kappa shape index (κ3) is 3.52. The van der Waals surface area contributed by atoms with Crippen LogP contribution in [0.4, 0.5) is 0 Å². The Balaban J connectivity index is 1.65. The Morgan fingerprint density at radius 3 is 2.67 bits per heavy atom. The van der Waals surface area contributed by atoms with Crippen LogP contribution in [-0.4, -0.2) is 36.1 Å². The molecule has 1 aliphatic heterocycles. The van der Waals surface area contributed by atoms with Crippen LogP contribution in [0.25, 0.3) is 11.5 Å². The summed E-state index contributed by atoms with van der Waals surface area (Å²) in [5.41, 5.74) is 3.29. The zero-order valence-corrected chi connectivity index (χ0v) is 12.8. The molecule has 4 nitrogen and oxygen atoms in total. The largest absolute Gasteiger partial charge is 0.444 e. The Morgan fingerprint density at radius 2 is 1.95 bits per heavy atom. The molecule has 0 aliphatic carbocycles. The van der Waals surface area contributed by atoms with Gasteiger partial charge in [-0.25, -0.2) is 4.98 Å². The summed E-state index contributed by atoms with van der Waals surface area (Å²) in [6.45, 7) is 5.16. The number of nitrogens with one attached hydrogen (secondary N) is 1. The van der Waals surface area contributed by atoms with Gasteiger partial charge in [0.1, 0.15) is 6.26 Å². The second kappa shape index (κ2) is 6.41. The van der Waals surface area contributed by atoms with E-state index < -0.39 is 0 Å². The van der Waals surface area contributed by atoms with Gasteiger partial charge in [-0.1, -0.05) is 17.7 Å². The van der Waals surface area contributed by atoms with Crippen molar-refractivity contribution in [3.05, 3.63) is 41.8 Å². The molecule has 0 unspecified atom stereocenters. The van der Waals surface area contributed by atoms with Crippen LogP contribution in [0.3, 0.4) is 0 Å². The number of aryl methyl sites for hydroxylation is 1. The van der Waals surface area contributed by atoms with Gasteiger partial charge in [0.05, 0.1) is 5.69 Å². The summed E-state index contributed by atoms with van der Waals surface area (Å²) in [7, 11) is 2.18.